The van der Waals surface area contributed by atoms with E-state index in [0.29, 0.717) is 0 Å². The molecule has 0 fully saturated rings. The second kappa shape index (κ2) is 6.90. The van der Waals surface area contributed by atoms with Crippen molar-refractivity contribution in [3.63, 3.8) is 0 Å². The minimum atomic E-state index is -1.99. The largest absolute Gasteiger partial charge is 0.329 e. The normalized spacial score (nSPS) is 12.3. The summed E-state index contributed by atoms with van der Waals surface area (Å²) in [4.78, 5) is 8.80. The minimum Gasteiger partial charge on any atom is -0.329 e. The molecule has 0 spiro atoms. The molecule has 0 aliphatic heterocycles. The first-order valence-corrected chi connectivity index (χ1v) is 9.13. The minimum absolute atomic E-state index is 0.232. The molecule has 3 rings (SSSR count). The fourth-order valence-electron chi connectivity index (χ4n) is 2.48. The summed E-state index contributed by atoms with van der Waals surface area (Å²) in [6, 6.07) is 13.9. The van der Waals surface area contributed by atoms with Gasteiger partial charge in [0.25, 0.3) is 0 Å². The van der Waals surface area contributed by atoms with Crippen LogP contribution in [0.4, 0.5) is 0 Å². The fraction of sp³-hybridized carbons (Fsp3) is 0.176. The van der Waals surface area contributed by atoms with Crippen molar-refractivity contribution in [2.75, 3.05) is 6.66 Å². The lowest BCUT2D eigenvalue weighted by Gasteiger charge is -2.07. The van der Waals surface area contributed by atoms with E-state index in [1.54, 1.807) is 19.1 Å². The van der Waals surface area contributed by atoms with Crippen LogP contribution in [0.15, 0.2) is 54.9 Å². The summed E-state index contributed by atoms with van der Waals surface area (Å²) in [6.45, 7) is 1.81. The molecule has 0 saturated heterocycles. The molecule has 2 heterocycles. The van der Waals surface area contributed by atoms with Crippen molar-refractivity contribution >= 4 is 8.03 Å². The highest BCUT2D eigenvalue weighted by Gasteiger charge is 2.18. The van der Waals surface area contributed by atoms with Gasteiger partial charge in [-0.1, -0.05) is 30.3 Å². The number of hydrogen-bond acceptors (Lipinski definition) is 4. The van der Waals surface area contributed by atoms with Crippen LogP contribution in [0, 0.1) is 0 Å². The first-order valence-electron chi connectivity index (χ1n) is 7.31. The van der Waals surface area contributed by atoms with Gasteiger partial charge in [-0.3, -0.25) is 9.55 Å². The molecule has 0 amide bonds. The molecular weight excluding hydrogens is 309 g/mol. The van der Waals surface area contributed by atoms with Crippen molar-refractivity contribution < 1.29 is 9.09 Å². The zero-order valence-corrected chi connectivity index (χ0v) is 14.1. The van der Waals surface area contributed by atoms with E-state index in [1.165, 1.54) is 0 Å². The van der Waals surface area contributed by atoms with Crippen molar-refractivity contribution in [2.45, 2.75) is 6.61 Å². The highest BCUT2D eigenvalue weighted by Crippen LogP contribution is 2.32. The number of nitrogens with zero attached hydrogens (tertiary/aromatic N) is 3. The molecule has 23 heavy (non-hydrogen) atoms. The Bertz CT molecular complexity index is 817. The summed E-state index contributed by atoms with van der Waals surface area (Å²) >= 11 is 0. The van der Waals surface area contributed by atoms with Crippen molar-refractivity contribution in [1.82, 2.24) is 14.5 Å². The van der Waals surface area contributed by atoms with E-state index < -0.39 is 8.03 Å². The van der Waals surface area contributed by atoms with Crippen LogP contribution in [-0.4, -0.2) is 21.2 Å². The van der Waals surface area contributed by atoms with Crippen LogP contribution in [0.2, 0.25) is 0 Å². The predicted octanol–water partition coefficient (Wildman–Crippen LogP) is 3.77. The standard InChI is InChI=1S/C17H18N3O2P/c1-20-15(12-22-23(2)21)19-16(13-6-4-3-5-7-13)17(20)14-8-10-18-11-9-14/h3-11,23H,12H2,1-2H3. The molecule has 0 N–H and O–H groups in total. The fourth-order valence-corrected chi connectivity index (χ4v) is 2.81. The Morgan fingerprint density at radius 3 is 2.43 bits per heavy atom. The van der Waals surface area contributed by atoms with E-state index >= 15 is 0 Å². The summed E-state index contributed by atoms with van der Waals surface area (Å²) in [7, 11) is -0.0483. The Morgan fingerprint density at radius 2 is 1.78 bits per heavy atom. The number of benzene rings is 1. The predicted molar refractivity (Wildman–Crippen MR) is 91.6 cm³/mol. The van der Waals surface area contributed by atoms with E-state index in [9.17, 15) is 4.57 Å². The van der Waals surface area contributed by atoms with Crippen molar-refractivity contribution in [3.8, 4) is 22.5 Å². The molecule has 3 aromatic rings. The molecule has 5 nitrogen and oxygen atoms in total. The maximum Gasteiger partial charge on any atom is 0.189 e. The lowest BCUT2D eigenvalue weighted by Crippen LogP contribution is -2.00. The van der Waals surface area contributed by atoms with Gasteiger partial charge in [0.1, 0.15) is 12.4 Å². The smallest absolute Gasteiger partial charge is 0.189 e. The van der Waals surface area contributed by atoms with E-state index in [4.69, 9.17) is 9.51 Å². The van der Waals surface area contributed by atoms with Crippen molar-refractivity contribution in [3.05, 3.63) is 60.7 Å². The van der Waals surface area contributed by atoms with Crippen LogP contribution in [0.3, 0.4) is 0 Å². The van der Waals surface area contributed by atoms with Gasteiger partial charge in [-0.05, 0) is 12.1 Å². The summed E-state index contributed by atoms with van der Waals surface area (Å²) in [6.07, 6.45) is 3.52. The summed E-state index contributed by atoms with van der Waals surface area (Å²) in [5.74, 6) is 0.746. The quantitative estimate of drug-likeness (QED) is 0.669. The van der Waals surface area contributed by atoms with Gasteiger partial charge in [-0.2, -0.15) is 0 Å². The Morgan fingerprint density at radius 1 is 1.09 bits per heavy atom. The third-order valence-electron chi connectivity index (χ3n) is 3.59. The molecule has 1 aromatic carbocycles. The Kier molecular flexibility index (Phi) is 4.70. The Labute approximate surface area is 135 Å². The maximum atomic E-state index is 11.3. The SMILES string of the molecule is Cn1c(CO[PH](C)=O)nc(-c2ccccc2)c1-c1ccncc1. The van der Waals surface area contributed by atoms with Gasteiger partial charge in [-0.15, -0.1) is 0 Å². The molecule has 0 aliphatic carbocycles. The first-order chi connectivity index (χ1) is 11.2. The Balaban J connectivity index is 2.13. The molecule has 6 heteroatoms. The van der Waals surface area contributed by atoms with Crippen LogP contribution in [-0.2, 0) is 22.7 Å². The second-order valence-electron chi connectivity index (χ2n) is 5.17. The van der Waals surface area contributed by atoms with Gasteiger partial charge in [0.05, 0.1) is 11.4 Å². The average molecular weight is 327 g/mol. The van der Waals surface area contributed by atoms with Gasteiger partial charge >= 0.3 is 0 Å². The zero-order chi connectivity index (χ0) is 16.2. The van der Waals surface area contributed by atoms with E-state index in [0.717, 1.165) is 28.3 Å². The first kappa shape index (κ1) is 15.7. The molecule has 118 valence electrons. The van der Waals surface area contributed by atoms with Gasteiger partial charge in [0.15, 0.2) is 8.03 Å². The van der Waals surface area contributed by atoms with Crippen LogP contribution < -0.4 is 0 Å². The van der Waals surface area contributed by atoms with Crippen molar-refractivity contribution in [2.24, 2.45) is 7.05 Å². The number of rotatable bonds is 5. The van der Waals surface area contributed by atoms with Gasteiger partial charge in [-0.25, -0.2) is 4.98 Å². The molecule has 0 bridgehead atoms. The number of aromatic nitrogens is 3. The molecule has 2 aromatic heterocycles. The van der Waals surface area contributed by atoms with E-state index in [-0.39, 0.29) is 6.61 Å². The van der Waals surface area contributed by atoms with Crippen LogP contribution in [0.1, 0.15) is 5.82 Å². The number of imidazole rings is 1. The molecule has 1 atom stereocenters. The summed E-state index contributed by atoms with van der Waals surface area (Å²) < 4.78 is 18.6. The summed E-state index contributed by atoms with van der Waals surface area (Å²) in [5, 5.41) is 0. The molecule has 0 radical (unpaired) electrons. The van der Waals surface area contributed by atoms with Gasteiger partial charge in [0.2, 0.25) is 0 Å². The zero-order valence-electron chi connectivity index (χ0n) is 13.1. The highest BCUT2D eigenvalue weighted by molar-refractivity contribution is 7.38. The third kappa shape index (κ3) is 3.41. The monoisotopic (exact) mass is 327 g/mol. The maximum absolute atomic E-state index is 11.3. The second-order valence-corrected chi connectivity index (χ2v) is 6.44. The molecular formula is C17H18N3O2P. The highest BCUT2D eigenvalue weighted by atomic mass is 31.1. The topological polar surface area (TPSA) is 57.0 Å². The lowest BCUT2D eigenvalue weighted by molar-refractivity contribution is 0.308. The van der Waals surface area contributed by atoms with Crippen LogP contribution >= 0.6 is 8.03 Å². The number of hydrogen-bond donors (Lipinski definition) is 0. The van der Waals surface area contributed by atoms with Crippen LogP contribution in [0.25, 0.3) is 22.5 Å². The lowest BCUT2D eigenvalue weighted by atomic mass is 10.1. The summed E-state index contributed by atoms with van der Waals surface area (Å²) in [5.41, 5.74) is 3.94. The van der Waals surface area contributed by atoms with Gasteiger partial charge < -0.3 is 9.09 Å². The molecule has 0 aliphatic rings. The number of pyridine rings is 1. The molecule has 1 unspecified atom stereocenters. The van der Waals surface area contributed by atoms with E-state index in [2.05, 4.69) is 4.98 Å². The van der Waals surface area contributed by atoms with Gasteiger partial charge in [0, 0.05) is 37.2 Å². The molecule has 0 saturated carbocycles. The van der Waals surface area contributed by atoms with Crippen molar-refractivity contribution in [1.29, 1.82) is 0 Å². The van der Waals surface area contributed by atoms with E-state index in [1.807, 2.05) is 54.1 Å². The average Bonchev–Trinajstić information content (AvgIpc) is 2.91. The Hall–Kier alpha value is -2.23. The third-order valence-corrected chi connectivity index (χ3v) is 4.14. The van der Waals surface area contributed by atoms with Crippen LogP contribution in [0.5, 0.6) is 0 Å².